The molecule has 146 valence electrons. The summed E-state index contributed by atoms with van der Waals surface area (Å²) in [6.07, 6.45) is 1.77. The molecule has 0 heterocycles. The summed E-state index contributed by atoms with van der Waals surface area (Å²) in [5.74, 6) is 0.548. The molecule has 0 aromatic heterocycles. The van der Waals surface area contributed by atoms with Crippen molar-refractivity contribution in [2.75, 3.05) is 31.4 Å². The van der Waals surface area contributed by atoms with Crippen LogP contribution in [0.3, 0.4) is 0 Å². The fourth-order valence-corrected chi connectivity index (χ4v) is 2.95. The van der Waals surface area contributed by atoms with Gasteiger partial charge >= 0.3 is 6.09 Å². The summed E-state index contributed by atoms with van der Waals surface area (Å²) in [6, 6.07) is 14.7. The Labute approximate surface area is 163 Å². The minimum atomic E-state index is -0.577. The van der Waals surface area contributed by atoms with Crippen molar-refractivity contribution in [3.63, 3.8) is 0 Å². The first-order chi connectivity index (χ1) is 13.2. The average Bonchev–Trinajstić information content (AvgIpc) is 2.70. The summed E-state index contributed by atoms with van der Waals surface area (Å²) in [5, 5.41) is 20.9. The molecule has 2 rings (SSSR count). The Balaban J connectivity index is 2.10. The zero-order chi connectivity index (χ0) is 19.5. The molecule has 2 aromatic rings. The van der Waals surface area contributed by atoms with Crippen molar-refractivity contribution < 1.29 is 24.5 Å². The third-order valence-electron chi connectivity index (χ3n) is 3.82. The molecule has 0 bridgehead atoms. The topological polar surface area (TPSA) is 88.0 Å². The normalized spacial score (nSPS) is 11.7. The van der Waals surface area contributed by atoms with Crippen LogP contribution >= 0.6 is 11.8 Å². The number of carbonyl (C=O) groups excluding carboxylic acids is 1. The van der Waals surface area contributed by atoms with Gasteiger partial charge < -0.3 is 19.7 Å². The van der Waals surface area contributed by atoms with Crippen LogP contribution in [0.25, 0.3) is 0 Å². The van der Waals surface area contributed by atoms with Crippen LogP contribution in [0.2, 0.25) is 0 Å². The van der Waals surface area contributed by atoms with Crippen LogP contribution in [0, 0.1) is 0 Å². The average molecular weight is 391 g/mol. The van der Waals surface area contributed by atoms with E-state index in [9.17, 15) is 4.79 Å². The Morgan fingerprint density at radius 1 is 1.11 bits per heavy atom. The first kappa shape index (κ1) is 21.1. The van der Waals surface area contributed by atoms with E-state index in [4.69, 9.17) is 19.7 Å². The van der Waals surface area contributed by atoms with Crippen LogP contribution in [-0.4, -0.2) is 42.4 Å². The number of para-hydroxylation sites is 1. The van der Waals surface area contributed by atoms with Gasteiger partial charge in [0.2, 0.25) is 0 Å². The molecule has 3 N–H and O–H groups in total. The molecule has 0 spiro atoms. The number of anilines is 1. The lowest BCUT2D eigenvalue weighted by Crippen LogP contribution is -2.18. The van der Waals surface area contributed by atoms with Gasteiger partial charge in [-0.3, -0.25) is 5.32 Å². The molecule has 0 aliphatic heterocycles. The lowest BCUT2D eigenvalue weighted by Gasteiger charge is -2.21. The van der Waals surface area contributed by atoms with Crippen molar-refractivity contribution in [3.05, 3.63) is 54.1 Å². The van der Waals surface area contributed by atoms with E-state index in [1.807, 2.05) is 48.7 Å². The van der Waals surface area contributed by atoms with E-state index >= 15 is 0 Å². The van der Waals surface area contributed by atoms with Gasteiger partial charge in [0.15, 0.2) is 0 Å². The van der Waals surface area contributed by atoms with E-state index in [0.29, 0.717) is 29.8 Å². The van der Waals surface area contributed by atoms with Gasteiger partial charge in [0, 0.05) is 22.8 Å². The molecule has 7 heteroatoms. The summed E-state index contributed by atoms with van der Waals surface area (Å²) < 4.78 is 11.2. The minimum absolute atomic E-state index is 0.00269. The molecule has 1 atom stereocenters. The predicted molar refractivity (Wildman–Crippen MR) is 106 cm³/mol. The van der Waals surface area contributed by atoms with Crippen LogP contribution in [-0.2, 0) is 4.74 Å². The zero-order valence-corrected chi connectivity index (χ0v) is 16.1. The second kappa shape index (κ2) is 11.5. The van der Waals surface area contributed by atoms with Crippen molar-refractivity contribution in [3.8, 4) is 5.75 Å². The van der Waals surface area contributed by atoms with Gasteiger partial charge in [-0.1, -0.05) is 18.2 Å². The largest absolute Gasteiger partial charge is 0.491 e. The number of aliphatic hydroxyl groups excluding tert-OH is 2. The highest BCUT2D eigenvalue weighted by Crippen LogP contribution is 2.31. The number of benzene rings is 2. The molecule has 0 saturated carbocycles. The molecule has 0 saturated heterocycles. The summed E-state index contributed by atoms with van der Waals surface area (Å²) in [7, 11) is 0. The summed E-state index contributed by atoms with van der Waals surface area (Å²) in [5.41, 5.74) is 1.34. The van der Waals surface area contributed by atoms with Crippen molar-refractivity contribution in [1.29, 1.82) is 0 Å². The molecule has 6 nitrogen and oxygen atoms in total. The van der Waals surface area contributed by atoms with Crippen molar-refractivity contribution in [2.45, 2.75) is 23.8 Å². The van der Waals surface area contributed by atoms with Crippen LogP contribution in [0.5, 0.6) is 5.75 Å². The maximum atomic E-state index is 12.4. The first-order valence-corrected chi connectivity index (χ1v) is 9.95. The highest BCUT2D eigenvalue weighted by atomic mass is 32.2. The molecule has 0 unspecified atom stereocenters. The zero-order valence-electron chi connectivity index (χ0n) is 15.3. The molecule has 2 aromatic carbocycles. The van der Waals surface area contributed by atoms with Crippen LogP contribution in [0.15, 0.2) is 53.4 Å². The highest BCUT2D eigenvalue weighted by molar-refractivity contribution is 7.98. The van der Waals surface area contributed by atoms with Crippen LogP contribution in [0.4, 0.5) is 10.5 Å². The summed E-state index contributed by atoms with van der Waals surface area (Å²) in [4.78, 5) is 13.5. The quantitative estimate of drug-likeness (QED) is 0.533. The number of ether oxygens (including phenoxy) is 2. The highest BCUT2D eigenvalue weighted by Gasteiger charge is 2.20. The molecule has 0 aliphatic rings. The fraction of sp³-hybridized carbons (Fsp3) is 0.350. The van der Waals surface area contributed by atoms with Crippen molar-refractivity contribution in [1.82, 2.24) is 0 Å². The van der Waals surface area contributed by atoms with Gasteiger partial charge in [-0.2, -0.15) is 0 Å². The van der Waals surface area contributed by atoms with Gasteiger partial charge in [0.1, 0.15) is 18.5 Å². The summed E-state index contributed by atoms with van der Waals surface area (Å²) >= 11 is 1.62. The second-order valence-corrected chi connectivity index (χ2v) is 6.60. The number of aliphatic hydroxyl groups is 2. The van der Waals surface area contributed by atoms with E-state index in [1.165, 1.54) is 0 Å². The first-order valence-electron chi connectivity index (χ1n) is 8.73. The number of hydrogen-bond acceptors (Lipinski definition) is 6. The number of rotatable bonds is 10. The van der Waals surface area contributed by atoms with E-state index < -0.39 is 12.2 Å². The number of thioether (sulfide) groups is 1. The number of carbonyl (C=O) groups is 1. The smallest absolute Gasteiger partial charge is 0.412 e. The van der Waals surface area contributed by atoms with Gasteiger partial charge in [-0.05, 0) is 49.4 Å². The Bertz CT molecular complexity index is 708. The molecule has 27 heavy (non-hydrogen) atoms. The maximum absolute atomic E-state index is 12.4. The molecule has 0 radical (unpaired) electrons. The monoisotopic (exact) mass is 391 g/mol. The SMILES string of the molecule is CSc1ccc(NC(=O)O[C@@H](CCCO)c2ccccc2OCCO)cc1. The third-order valence-corrected chi connectivity index (χ3v) is 4.57. The van der Waals surface area contributed by atoms with E-state index in [0.717, 1.165) is 4.90 Å². The van der Waals surface area contributed by atoms with Crippen molar-refractivity contribution >= 4 is 23.5 Å². The Hall–Kier alpha value is -2.22. The fourth-order valence-electron chi connectivity index (χ4n) is 2.54. The number of hydrogen-bond donors (Lipinski definition) is 3. The van der Waals surface area contributed by atoms with Crippen LogP contribution in [0.1, 0.15) is 24.5 Å². The number of amides is 1. The molecule has 0 aliphatic carbocycles. The second-order valence-electron chi connectivity index (χ2n) is 5.72. The van der Waals surface area contributed by atoms with Gasteiger partial charge in [0.25, 0.3) is 0 Å². The lowest BCUT2D eigenvalue weighted by atomic mass is 10.0. The van der Waals surface area contributed by atoms with Crippen LogP contribution < -0.4 is 10.1 Å². The van der Waals surface area contributed by atoms with E-state index in [-0.39, 0.29) is 19.8 Å². The molecular weight excluding hydrogens is 366 g/mol. The van der Waals surface area contributed by atoms with E-state index in [1.54, 1.807) is 17.8 Å². The molecule has 0 fully saturated rings. The van der Waals surface area contributed by atoms with E-state index in [2.05, 4.69) is 5.32 Å². The molecular formula is C20H25NO5S. The summed E-state index contributed by atoms with van der Waals surface area (Å²) in [6.45, 7) is 0.0397. The maximum Gasteiger partial charge on any atom is 0.412 e. The Morgan fingerprint density at radius 2 is 1.85 bits per heavy atom. The molecule has 1 amide bonds. The van der Waals surface area contributed by atoms with Gasteiger partial charge in [-0.25, -0.2) is 4.79 Å². The Morgan fingerprint density at radius 3 is 2.52 bits per heavy atom. The Kier molecular flexibility index (Phi) is 8.97. The lowest BCUT2D eigenvalue weighted by molar-refractivity contribution is 0.0964. The third kappa shape index (κ3) is 6.78. The van der Waals surface area contributed by atoms with Gasteiger partial charge in [0.05, 0.1) is 6.61 Å². The van der Waals surface area contributed by atoms with Crippen molar-refractivity contribution in [2.24, 2.45) is 0 Å². The number of nitrogens with one attached hydrogen (secondary N) is 1. The minimum Gasteiger partial charge on any atom is -0.491 e. The van der Waals surface area contributed by atoms with Gasteiger partial charge in [-0.15, -0.1) is 11.8 Å². The predicted octanol–water partition coefficient (Wildman–Crippen LogP) is 3.84. The standard InChI is InChI=1S/C20H25NO5S/c1-27-16-10-8-15(9-11-16)21-20(24)26-19(7-4-12-22)17-5-2-3-6-18(17)25-14-13-23/h2-3,5-6,8-11,19,22-23H,4,7,12-14H2,1H3,(H,21,24)/t19-/m0/s1.